The molecule has 2 aromatic rings. The zero-order valence-electron chi connectivity index (χ0n) is 12.8. The molecule has 3 rings (SSSR count). The molecular formula is C18H15BrN2O2. The third-order valence-corrected chi connectivity index (χ3v) is 4.04. The number of hydrogen-bond acceptors (Lipinski definition) is 3. The molecule has 0 radical (unpaired) electrons. The minimum Gasteiger partial charge on any atom is -0.497 e. The van der Waals surface area contributed by atoms with Gasteiger partial charge in [0.2, 0.25) is 0 Å². The fraction of sp³-hybridized carbons (Fsp3) is 0.111. The van der Waals surface area contributed by atoms with E-state index >= 15 is 0 Å². The zero-order valence-corrected chi connectivity index (χ0v) is 14.4. The van der Waals surface area contributed by atoms with Crippen LogP contribution in [0.1, 0.15) is 12.5 Å². The second kappa shape index (κ2) is 6.38. The van der Waals surface area contributed by atoms with Gasteiger partial charge in [0.05, 0.1) is 24.1 Å². The summed E-state index contributed by atoms with van der Waals surface area (Å²) in [5, 5.41) is 5.80. The Bertz CT molecular complexity index is 810. The van der Waals surface area contributed by atoms with E-state index in [0.29, 0.717) is 11.3 Å². The number of carbonyl (C=O) groups excluding carboxylic acids is 1. The van der Waals surface area contributed by atoms with Crippen LogP contribution in [0.15, 0.2) is 63.7 Å². The van der Waals surface area contributed by atoms with Gasteiger partial charge in [-0.2, -0.15) is 10.1 Å². The van der Waals surface area contributed by atoms with Crippen molar-refractivity contribution in [3.8, 4) is 5.75 Å². The summed E-state index contributed by atoms with van der Waals surface area (Å²) in [5.41, 5.74) is 2.96. The summed E-state index contributed by atoms with van der Waals surface area (Å²) >= 11 is 3.41. The summed E-state index contributed by atoms with van der Waals surface area (Å²) in [5.74, 6) is 0.655. The van der Waals surface area contributed by atoms with Crippen LogP contribution >= 0.6 is 15.9 Å². The van der Waals surface area contributed by atoms with Crippen LogP contribution in [0, 0.1) is 0 Å². The summed E-state index contributed by atoms with van der Waals surface area (Å²) in [6.45, 7) is 1.84. The highest BCUT2D eigenvalue weighted by Gasteiger charge is 2.28. The number of methoxy groups -OCH3 is 1. The van der Waals surface area contributed by atoms with E-state index in [1.54, 1.807) is 7.11 Å². The molecular weight excluding hydrogens is 356 g/mol. The van der Waals surface area contributed by atoms with Gasteiger partial charge in [-0.3, -0.25) is 4.79 Å². The standard InChI is InChI=1S/C18H15BrN2O2/c1-12-17(10-13-6-8-16(23-2)9-7-13)18(22)21(20-12)15-5-3-4-14(19)11-15/h3-11H,1-2H3. The van der Waals surface area contributed by atoms with Crippen molar-refractivity contribution < 1.29 is 9.53 Å². The minimum absolute atomic E-state index is 0.128. The molecule has 0 N–H and O–H groups in total. The first kappa shape index (κ1) is 15.5. The van der Waals surface area contributed by atoms with Crippen LogP contribution in [0.4, 0.5) is 5.69 Å². The Hall–Kier alpha value is -2.40. The molecule has 1 aliphatic heterocycles. The Balaban J connectivity index is 1.91. The molecule has 2 aromatic carbocycles. The molecule has 0 atom stereocenters. The van der Waals surface area contributed by atoms with Crippen LogP contribution in [-0.2, 0) is 4.79 Å². The van der Waals surface area contributed by atoms with Crippen LogP contribution in [0.3, 0.4) is 0 Å². The summed E-state index contributed by atoms with van der Waals surface area (Å²) in [6, 6.07) is 15.1. The maximum absolute atomic E-state index is 12.7. The molecule has 0 unspecified atom stereocenters. The second-order valence-corrected chi connectivity index (χ2v) is 6.03. The molecule has 1 heterocycles. The van der Waals surface area contributed by atoms with Crippen molar-refractivity contribution in [1.82, 2.24) is 0 Å². The largest absolute Gasteiger partial charge is 0.497 e. The Morgan fingerprint density at radius 3 is 2.57 bits per heavy atom. The SMILES string of the molecule is COc1ccc(C=C2C(=O)N(c3cccc(Br)c3)N=C2C)cc1. The van der Waals surface area contributed by atoms with E-state index < -0.39 is 0 Å². The molecule has 0 saturated heterocycles. The third kappa shape index (κ3) is 3.19. The molecule has 5 heteroatoms. The minimum atomic E-state index is -0.128. The van der Waals surface area contributed by atoms with E-state index in [4.69, 9.17) is 4.74 Å². The Morgan fingerprint density at radius 1 is 1.17 bits per heavy atom. The van der Waals surface area contributed by atoms with Gasteiger partial charge in [0.25, 0.3) is 5.91 Å². The second-order valence-electron chi connectivity index (χ2n) is 5.11. The molecule has 1 aliphatic rings. The average molecular weight is 371 g/mol. The van der Waals surface area contributed by atoms with E-state index in [1.807, 2.05) is 61.5 Å². The van der Waals surface area contributed by atoms with Gasteiger partial charge < -0.3 is 4.74 Å². The predicted octanol–water partition coefficient (Wildman–Crippen LogP) is 4.26. The van der Waals surface area contributed by atoms with Crippen molar-refractivity contribution >= 4 is 39.3 Å². The monoisotopic (exact) mass is 370 g/mol. The third-order valence-electron chi connectivity index (χ3n) is 3.54. The molecule has 4 nitrogen and oxygen atoms in total. The van der Waals surface area contributed by atoms with Crippen LogP contribution in [0.25, 0.3) is 6.08 Å². The number of benzene rings is 2. The van der Waals surface area contributed by atoms with Crippen molar-refractivity contribution in [2.45, 2.75) is 6.92 Å². The highest BCUT2D eigenvalue weighted by molar-refractivity contribution is 9.10. The summed E-state index contributed by atoms with van der Waals surface area (Å²) in [7, 11) is 1.63. The number of anilines is 1. The maximum Gasteiger partial charge on any atom is 0.280 e. The summed E-state index contributed by atoms with van der Waals surface area (Å²) in [4.78, 5) is 12.7. The number of hydrazone groups is 1. The van der Waals surface area contributed by atoms with Crippen molar-refractivity contribution in [3.63, 3.8) is 0 Å². The van der Waals surface area contributed by atoms with Crippen LogP contribution in [0.2, 0.25) is 0 Å². The number of halogens is 1. The molecule has 0 aliphatic carbocycles. The van der Waals surface area contributed by atoms with Gasteiger partial charge in [-0.15, -0.1) is 0 Å². The van der Waals surface area contributed by atoms with Crippen molar-refractivity contribution in [3.05, 3.63) is 64.1 Å². The van der Waals surface area contributed by atoms with Gasteiger partial charge in [0.1, 0.15) is 5.75 Å². The first-order valence-electron chi connectivity index (χ1n) is 7.10. The van der Waals surface area contributed by atoms with E-state index in [9.17, 15) is 4.79 Å². The Labute approximate surface area is 143 Å². The zero-order chi connectivity index (χ0) is 16.4. The number of carbonyl (C=O) groups is 1. The number of ether oxygens (including phenoxy) is 1. The molecule has 1 amide bonds. The smallest absolute Gasteiger partial charge is 0.280 e. The lowest BCUT2D eigenvalue weighted by Crippen LogP contribution is -2.21. The normalized spacial score (nSPS) is 16.0. The van der Waals surface area contributed by atoms with E-state index in [-0.39, 0.29) is 5.91 Å². The lowest BCUT2D eigenvalue weighted by molar-refractivity contribution is -0.114. The quantitative estimate of drug-likeness (QED) is 0.757. The van der Waals surface area contributed by atoms with E-state index in [1.165, 1.54) is 5.01 Å². The number of hydrogen-bond donors (Lipinski definition) is 0. The highest BCUT2D eigenvalue weighted by Crippen LogP contribution is 2.27. The molecule has 23 heavy (non-hydrogen) atoms. The van der Waals surface area contributed by atoms with Gasteiger partial charge in [-0.1, -0.05) is 34.1 Å². The van der Waals surface area contributed by atoms with Gasteiger partial charge in [0.15, 0.2) is 0 Å². The molecule has 0 fully saturated rings. The van der Waals surface area contributed by atoms with Crippen molar-refractivity contribution in [2.24, 2.45) is 5.10 Å². The van der Waals surface area contributed by atoms with Crippen LogP contribution in [0.5, 0.6) is 5.75 Å². The van der Waals surface area contributed by atoms with Crippen LogP contribution in [-0.4, -0.2) is 18.7 Å². The topological polar surface area (TPSA) is 41.9 Å². The molecule has 0 saturated carbocycles. The summed E-state index contributed by atoms with van der Waals surface area (Å²) in [6.07, 6.45) is 1.85. The van der Waals surface area contributed by atoms with Crippen molar-refractivity contribution in [1.29, 1.82) is 0 Å². The van der Waals surface area contributed by atoms with E-state index in [0.717, 1.165) is 21.5 Å². The molecule has 0 spiro atoms. The lowest BCUT2D eigenvalue weighted by atomic mass is 10.1. The Kier molecular flexibility index (Phi) is 4.30. The fourth-order valence-corrected chi connectivity index (χ4v) is 2.72. The van der Waals surface area contributed by atoms with Gasteiger partial charge >= 0.3 is 0 Å². The average Bonchev–Trinajstić information content (AvgIpc) is 2.84. The molecule has 0 bridgehead atoms. The first-order valence-corrected chi connectivity index (χ1v) is 7.89. The first-order chi connectivity index (χ1) is 11.1. The fourth-order valence-electron chi connectivity index (χ4n) is 2.33. The maximum atomic E-state index is 12.7. The number of rotatable bonds is 3. The predicted molar refractivity (Wildman–Crippen MR) is 95.7 cm³/mol. The molecule has 116 valence electrons. The Morgan fingerprint density at radius 2 is 1.91 bits per heavy atom. The highest BCUT2D eigenvalue weighted by atomic mass is 79.9. The lowest BCUT2D eigenvalue weighted by Gasteiger charge is -2.11. The summed E-state index contributed by atoms with van der Waals surface area (Å²) < 4.78 is 6.05. The van der Waals surface area contributed by atoms with Crippen molar-refractivity contribution in [2.75, 3.05) is 12.1 Å². The molecule has 0 aromatic heterocycles. The van der Waals surface area contributed by atoms with Gasteiger partial charge in [-0.05, 0) is 48.9 Å². The number of amides is 1. The van der Waals surface area contributed by atoms with E-state index in [2.05, 4.69) is 21.0 Å². The van der Waals surface area contributed by atoms with Gasteiger partial charge in [0, 0.05) is 4.47 Å². The number of nitrogens with zero attached hydrogens (tertiary/aromatic N) is 2. The van der Waals surface area contributed by atoms with Gasteiger partial charge in [-0.25, -0.2) is 0 Å². The van der Waals surface area contributed by atoms with Crippen LogP contribution < -0.4 is 9.75 Å².